The summed E-state index contributed by atoms with van der Waals surface area (Å²) in [5, 5.41) is 12.6. The first-order valence-corrected chi connectivity index (χ1v) is 13.4. The minimum Gasteiger partial charge on any atom is -0.485 e. The molecule has 0 radical (unpaired) electrons. The van der Waals surface area contributed by atoms with Crippen molar-refractivity contribution in [3.05, 3.63) is 50.6 Å². The van der Waals surface area contributed by atoms with Crippen LogP contribution in [0.1, 0.15) is 43.9 Å². The zero-order valence-electron chi connectivity index (χ0n) is 21.4. The summed E-state index contributed by atoms with van der Waals surface area (Å²) in [5.74, 6) is 0.0874. The molecule has 3 aromatic rings. The zero-order valence-corrected chi connectivity index (χ0v) is 23.8. The summed E-state index contributed by atoms with van der Waals surface area (Å²) in [6.07, 6.45) is 0. The number of halogens is 1. The third kappa shape index (κ3) is 6.62. The number of nitrogens with zero attached hydrogens (tertiary/aromatic N) is 4. The molecule has 0 aliphatic carbocycles. The van der Waals surface area contributed by atoms with E-state index in [1.165, 1.54) is 23.8 Å². The van der Waals surface area contributed by atoms with Crippen LogP contribution in [0.3, 0.4) is 0 Å². The Bertz CT molecular complexity index is 1320. The van der Waals surface area contributed by atoms with Gasteiger partial charge in [-0.2, -0.15) is 0 Å². The van der Waals surface area contributed by atoms with Crippen LogP contribution in [0.2, 0.25) is 5.02 Å². The molecule has 0 saturated carbocycles. The molecule has 3 rings (SSSR count). The normalized spacial score (nSPS) is 10.8. The van der Waals surface area contributed by atoms with Crippen molar-refractivity contribution in [2.75, 3.05) is 32.3 Å². The molecular formula is C24H28ClN5O5S2. The summed E-state index contributed by atoms with van der Waals surface area (Å²) in [5.41, 5.74) is 1.54. The number of thioether (sulfide) groups is 1. The Morgan fingerprint density at radius 2 is 1.95 bits per heavy atom. The van der Waals surface area contributed by atoms with Gasteiger partial charge < -0.3 is 24.3 Å². The first-order valence-electron chi connectivity index (χ1n) is 11.2. The van der Waals surface area contributed by atoms with Gasteiger partial charge in [-0.1, -0.05) is 23.4 Å². The predicted molar refractivity (Wildman–Crippen MR) is 144 cm³/mol. The zero-order chi connectivity index (χ0) is 27.3. The molecule has 0 saturated heterocycles. The molecule has 13 heteroatoms. The average Bonchev–Trinajstić information content (AvgIpc) is 3.40. The highest BCUT2D eigenvalue weighted by Gasteiger charge is 2.27. The van der Waals surface area contributed by atoms with E-state index in [4.69, 9.17) is 21.1 Å². The van der Waals surface area contributed by atoms with Crippen LogP contribution >= 0.6 is 34.7 Å². The van der Waals surface area contributed by atoms with Crippen LogP contribution in [0.25, 0.3) is 0 Å². The van der Waals surface area contributed by atoms with Gasteiger partial charge in [0.2, 0.25) is 5.91 Å². The summed E-state index contributed by atoms with van der Waals surface area (Å²) in [4.78, 5) is 39.5. The monoisotopic (exact) mass is 565 g/mol. The number of hydrogen-bond donors (Lipinski definition) is 1. The topological polar surface area (TPSA) is 116 Å². The molecule has 2 aromatic heterocycles. The van der Waals surface area contributed by atoms with Crippen molar-refractivity contribution in [3.8, 4) is 5.75 Å². The maximum absolute atomic E-state index is 12.8. The van der Waals surface area contributed by atoms with Gasteiger partial charge in [0.05, 0.1) is 23.3 Å². The second-order valence-electron chi connectivity index (χ2n) is 8.13. The predicted octanol–water partition coefficient (Wildman–Crippen LogP) is 4.43. The van der Waals surface area contributed by atoms with Gasteiger partial charge in [-0.15, -0.1) is 21.5 Å². The van der Waals surface area contributed by atoms with Gasteiger partial charge in [-0.25, -0.2) is 4.79 Å². The van der Waals surface area contributed by atoms with Crippen LogP contribution in [0.4, 0.5) is 5.00 Å². The third-order valence-corrected chi connectivity index (χ3v) is 7.72. The van der Waals surface area contributed by atoms with E-state index in [1.54, 1.807) is 33.2 Å². The summed E-state index contributed by atoms with van der Waals surface area (Å²) < 4.78 is 12.6. The molecule has 1 N–H and O–H groups in total. The van der Waals surface area contributed by atoms with Crippen molar-refractivity contribution in [1.82, 2.24) is 19.7 Å². The highest BCUT2D eigenvalue weighted by atomic mass is 35.5. The maximum atomic E-state index is 12.8. The molecular weight excluding hydrogens is 538 g/mol. The highest BCUT2D eigenvalue weighted by molar-refractivity contribution is 7.99. The minimum atomic E-state index is -0.624. The lowest BCUT2D eigenvalue weighted by Crippen LogP contribution is -2.21. The highest BCUT2D eigenvalue weighted by Crippen LogP contribution is 2.34. The van der Waals surface area contributed by atoms with Crippen molar-refractivity contribution in [1.29, 1.82) is 0 Å². The van der Waals surface area contributed by atoms with Crippen LogP contribution in [0.15, 0.2) is 23.4 Å². The van der Waals surface area contributed by atoms with Gasteiger partial charge in [0, 0.05) is 25.7 Å². The molecule has 10 nitrogen and oxygen atoms in total. The number of nitrogens with one attached hydrogen (secondary N) is 1. The third-order valence-electron chi connectivity index (χ3n) is 5.33. The molecule has 0 spiro atoms. The lowest BCUT2D eigenvalue weighted by Gasteiger charge is -2.11. The van der Waals surface area contributed by atoms with E-state index in [2.05, 4.69) is 15.5 Å². The van der Waals surface area contributed by atoms with Crippen molar-refractivity contribution in [3.63, 3.8) is 0 Å². The van der Waals surface area contributed by atoms with Gasteiger partial charge in [-0.3, -0.25) is 9.59 Å². The van der Waals surface area contributed by atoms with E-state index in [0.717, 1.165) is 16.9 Å². The van der Waals surface area contributed by atoms with Gasteiger partial charge in [-0.05, 0) is 50.1 Å². The number of carbonyl (C=O) groups is 3. The number of ether oxygens (including phenoxy) is 2. The summed E-state index contributed by atoms with van der Waals surface area (Å²) in [7, 11) is 4.49. The van der Waals surface area contributed by atoms with Gasteiger partial charge in [0.15, 0.2) is 11.0 Å². The lowest BCUT2D eigenvalue weighted by molar-refractivity contribution is -0.113. The van der Waals surface area contributed by atoms with E-state index in [-0.39, 0.29) is 34.7 Å². The molecule has 37 heavy (non-hydrogen) atoms. The van der Waals surface area contributed by atoms with Gasteiger partial charge in [0.1, 0.15) is 17.4 Å². The number of methoxy groups -OCH3 is 1. The number of aryl methyl sites for hydroxylation is 1. The largest absolute Gasteiger partial charge is 0.485 e. The second-order valence-corrected chi connectivity index (χ2v) is 10.5. The minimum absolute atomic E-state index is 0.0177. The number of rotatable bonds is 10. The summed E-state index contributed by atoms with van der Waals surface area (Å²) in [6, 6.07) is 5.38. The Hall–Kier alpha value is -3.09. The Morgan fingerprint density at radius 1 is 1.22 bits per heavy atom. The molecule has 0 bridgehead atoms. The maximum Gasteiger partial charge on any atom is 0.341 e. The average molecular weight is 566 g/mol. The Labute approximate surface area is 228 Å². The Morgan fingerprint density at radius 3 is 2.57 bits per heavy atom. The van der Waals surface area contributed by atoms with Gasteiger partial charge in [0.25, 0.3) is 5.91 Å². The Kier molecular flexibility index (Phi) is 9.57. The molecule has 0 fully saturated rings. The smallest absolute Gasteiger partial charge is 0.341 e. The molecule has 0 unspecified atom stereocenters. The molecule has 0 aliphatic rings. The van der Waals surface area contributed by atoms with Crippen LogP contribution < -0.4 is 10.1 Å². The van der Waals surface area contributed by atoms with Crippen LogP contribution in [-0.2, 0) is 22.7 Å². The van der Waals surface area contributed by atoms with Crippen molar-refractivity contribution >= 4 is 57.5 Å². The molecule has 2 heterocycles. The first-order chi connectivity index (χ1) is 17.6. The summed E-state index contributed by atoms with van der Waals surface area (Å²) in [6.45, 7) is 6.30. The van der Waals surface area contributed by atoms with E-state index in [9.17, 15) is 14.4 Å². The van der Waals surface area contributed by atoms with Crippen molar-refractivity contribution in [2.24, 2.45) is 0 Å². The number of anilines is 1. The van der Waals surface area contributed by atoms with E-state index < -0.39 is 5.97 Å². The SMILES string of the molecule is CCn1c(COc2ccc(Cl)cc2C)nnc1SCC(=O)Nc1sc(C(=O)N(C)C)c(C)c1C(=O)OC. The number of thiophene rings is 1. The lowest BCUT2D eigenvalue weighted by atomic mass is 10.1. The summed E-state index contributed by atoms with van der Waals surface area (Å²) >= 11 is 8.26. The van der Waals surface area contributed by atoms with Crippen molar-refractivity contribution in [2.45, 2.75) is 39.1 Å². The van der Waals surface area contributed by atoms with E-state index >= 15 is 0 Å². The molecule has 0 atom stereocenters. The second kappa shape index (κ2) is 12.4. The van der Waals surface area contributed by atoms with Crippen LogP contribution in [-0.4, -0.2) is 64.4 Å². The number of esters is 1. The fourth-order valence-corrected chi connectivity index (χ4v) is 5.70. The number of carbonyl (C=O) groups excluding carboxylic acids is 3. The number of benzene rings is 1. The fraction of sp³-hybridized carbons (Fsp3) is 0.375. The molecule has 0 aliphatic heterocycles. The van der Waals surface area contributed by atoms with E-state index in [1.807, 2.05) is 24.5 Å². The van der Waals surface area contributed by atoms with E-state index in [0.29, 0.717) is 38.7 Å². The number of aromatic nitrogens is 3. The number of hydrogen-bond acceptors (Lipinski definition) is 9. The fourth-order valence-electron chi connectivity index (χ4n) is 3.42. The van der Waals surface area contributed by atoms with Crippen molar-refractivity contribution < 1.29 is 23.9 Å². The quantitative estimate of drug-likeness (QED) is 0.283. The standard InChI is InChI=1S/C24H28ClN5O5S2/c1-7-30-17(11-35-16-9-8-15(25)10-13(16)2)27-28-24(30)36-12-18(31)26-21-19(23(33)34-6)14(3)20(37-21)22(32)29(4)5/h8-10H,7,11-12H2,1-6H3,(H,26,31). The van der Waals surface area contributed by atoms with Gasteiger partial charge >= 0.3 is 5.97 Å². The Balaban J connectivity index is 1.70. The molecule has 2 amide bonds. The number of amides is 2. The first kappa shape index (κ1) is 28.5. The molecule has 1 aromatic carbocycles. The van der Waals surface area contributed by atoms with Crippen LogP contribution in [0, 0.1) is 13.8 Å². The molecule has 198 valence electrons. The van der Waals surface area contributed by atoms with Crippen LogP contribution in [0.5, 0.6) is 5.75 Å².